The molecule has 0 aromatic rings. The molecule has 0 radical (unpaired) electrons. The summed E-state index contributed by atoms with van der Waals surface area (Å²) in [6.45, 7) is 1.56. The summed E-state index contributed by atoms with van der Waals surface area (Å²) in [7, 11) is 0. The van der Waals surface area contributed by atoms with Gasteiger partial charge in [-0.2, -0.15) is 10.5 Å². The third-order valence-corrected chi connectivity index (χ3v) is 1.35. The lowest BCUT2D eigenvalue weighted by Crippen LogP contribution is -1.80. The van der Waals surface area contributed by atoms with Crippen molar-refractivity contribution in [3.8, 4) is 12.1 Å². The molecule has 0 aromatic heterocycles. The molecule has 0 aliphatic heterocycles. The Morgan fingerprint density at radius 2 is 1.89 bits per heavy atom. The smallest absolute Gasteiger partial charge is 0.192 e. The zero-order valence-corrected chi connectivity index (χ0v) is 6.84. The molecule has 0 aliphatic rings. The van der Waals surface area contributed by atoms with E-state index in [0.717, 1.165) is 0 Å². The van der Waals surface area contributed by atoms with E-state index in [0.29, 0.717) is 5.76 Å². The Kier molecular flexibility index (Phi) is 3.81. The van der Waals surface area contributed by atoms with E-state index in [1.165, 1.54) is 0 Å². The van der Waals surface area contributed by atoms with Crippen molar-refractivity contribution in [2.75, 3.05) is 0 Å². The molecule has 0 amide bonds. The summed E-state index contributed by atoms with van der Waals surface area (Å²) in [5.41, 5.74) is 0.0180. The molecule has 9 heavy (non-hydrogen) atoms. The van der Waals surface area contributed by atoms with Crippen molar-refractivity contribution in [1.82, 2.24) is 0 Å². The summed E-state index contributed by atoms with van der Waals surface area (Å²) in [5.74, 6) is 0.348. The normalized spacial score (nSPS) is 6.67. The molecule has 0 unspecified atom stereocenters. The lowest BCUT2D eigenvalue weighted by atomic mass is 10.3. The van der Waals surface area contributed by atoms with Crippen molar-refractivity contribution in [2.24, 2.45) is 0 Å². The molecule has 0 atom stereocenters. The Labute approximate surface area is 67.2 Å². The zero-order valence-electron chi connectivity index (χ0n) is 4.68. The second-order valence-corrected chi connectivity index (χ2v) is 1.67. The second kappa shape index (κ2) is 4.16. The molecule has 0 saturated heterocycles. The van der Waals surface area contributed by atoms with Crippen LogP contribution in [0.5, 0.6) is 0 Å². The summed E-state index contributed by atoms with van der Waals surface area (Å²) < 4.78 is 4.60. The maximum atomic E-state index is 8.21. The van der Waals surface area contributed by atoms with Crippen LogP contribution < -0.4 is 0 Å². The van der Waals surface area contributed by atoms with Gasteiger partial charge >= 0.3 is 0 Å². The minimum absolute atomic E-state index is 0.0180. The first-order valence-corrected chi connectivity index (χ1v) is 2.94. The van der Waals surface area contributed by atoms with Crippen LogP contribution in [0.25, 0.3) is 0 Å². The van der Waals surface area contributed by atoms with Crippen LogP contribution in [0.15, 0.2) is 11.3 Å². The van der Waals surface area contributed by atoms with Gasteiger partial charge in [-0.15, -0.1) is 0 Å². The van der Waals surface area contributed by atoms with Crippen LogP contribution in [0.3, 0.4) is 0 Å². The standard InChI is InChI=1S/C5H3IN2O/c1-4(9-6)5(2-7)3-8/h1H3. The highest BCUT2D eigenvalue weighted by Gasteiger charge is 1.98. The Morgan fingerprint density at radius 3 is 2.00 bits per heavy atom. The molecule has 0 aliphatic carbocycles. The average Bonchev–Trinajstić information content (AvgIpc) is 1.90. The highest BCUT2D eigenvalue weighted by atomic mass is 127. The van der Waals surface area contributed by atoms with Gasteiger partial charge < -0.3 is 3.07 Å². The summed E-state index contributed by atoms with van der Waals surface area (Å²) >= 11 is 1.62. The van der Waals surface area contributed by atoms with Crippen molar-refractivity contribution < 1.29 is 3.07 Å². The third-order valence-electron chi connectivity index (χ3n) is 0.691. The number of hydrogen-bond acceptors (Lipinski definition) is 3. The second-order valence-electron chi connectivity index (χ2n) is 1.23. The van der Waals surface area contributed by atoms with E-state index in [1.807, 2.05) is 0 Å². The number of nitriles is 2. The van der Waals surface area contributed by atoms with Crippen LogP contribution in [0.2, 0.25) is 0 Å². The van der Waals surface area contributed by atoms with Gasteiger partial charge in [0, 0.05) is 0 Å². The van der Waals surface area contributed by atoms with Crippen molar-refractivity contribution in [1.29, 1.82) is 10.5 Å². The van der Waals surface area contributed by atoms with Crippen LogP contribution in [0.4, 0.5) is 0 Å². The molecule has 0 bridgehead atoms. The minimum atomic E-state index is 0.0180. The fraction of sp³-hybridized carbons (Fsp3) is 0.200. The molecule has 0 rings (SSSR count). The summed E-state index contributed by atoms with van der Waals surface area (Å²) in [6.07, 6.45) is 0. The molecule has 0 N–H and O–H groups in total. The van der Waals surface area contributed by atoms with E-state index in [2.05, 4.69) is 3.07 Å². The Hall–Kier alpha value is -0.750. The van der Waals surface area contributed by atoms with Gasteiger partial charge in [-0.05, 0) is 6.92 Å². The lowest BCUT2D eigenvalue weighted by Gasteiger charge is -1.90. The molecule has 3 nitrogen and oxygen atoms in total. The van der Waals surface area contributed by atoms with Gasteiger partial charge in [0.25, 0.3) is 0 Å². The van der Waals surface area contributed by atoms with Gasteiger partial charge in [0.2, 0.25) is 0 Å². The Morgan fingerprint density at radius 1 is 1.44 bits per heavy atom. The molecule has 0 fully saturated rings. The lowest BCUT2D eigenvalue weighted by molar-refractivity contribution is 0.561. The fourth-order valence-electron chi connectivity index (χ4n) is 0.221. The molecule has 0 saturated carbocycles. The molecule has 0 spiro atoms. The number of halogens is 1. The van der Waals surface area contributed by atoms with E-state index in [4.69, 9.17) is 10.5 Å². The van der Waals surface area contributed by atoms with E-state index in [-0.39, 0.29) is 5.57 Å². The van der Waals surface area contributed by atoms with Crippen molar-refractivity contribution >= 4 is 23.0 Å². The Bertz CT molecular complexity index is 192. The summed E-state index contributed by atoms with van der Waals surface area (Å²) in [4.78, 5) is 0. The predicted molar refractivity (Wildman–Crippen MR) is 39.0 cm³/mol. The van der Waals surface area contributed by atoms with Gasteiger partial charge in [0.05, 0.1) is 0 Å². The first-order valence-electron chi connectivity index (χ1n) is 2.06. The molecular weight excluding hydrogens is 231 g/mol. The molecule has 0 aromatic carbocycles. The molecule has 4 heteroatoms. The topological polar surface area (TPSA) is 56.8 Å². The van der Waals surface area contributed by atoms with Crippen molar-refractivity contribution in [2.45, 2.75) is 6.92 Å². The van der Waals surface area contributed by atoms with E-state index >= 15 is 0 Å². The van der Waals surface area contributed by atoms with E-state index in [1.54, 1.807) is 42.1 Å². The van der Waals surface area contributed by atoms with E-state index in [9.17, 15) is 0 Å². The largest absolute Gasteiger partial charge is 0.430 e. The maximum Gasteiger partial charge on any atom is 0.192 e. The van der Waals surface area contributed by atoms with Gasteiger partial charge in [0.1, 0.15) is 17.9 Å². The fourth-order valence-corrected chi connectivity index (χ4v) is 0.441. The van der Waals surface area contributed by atoms with Gasteiger partial charge in [-0.25, -0.2) is 0 Å². The number of allylic oxidation sites excluding steroid dienone is 2. The van der Waals surface area contributed by atoms with Crippen LogP contribution in [0.1, 0.15) is 6.92 Å². The average molecular weight is 234 g/mol. The zero-order chi connectivity index (χ0) is 7.28. The number of rotatable bonds is 1. The summed E-state index contributed by atoms with van der Waals surface area (Å²) in [5, 5.41) is 16.4. The van der Waals surface area contributed by atoms with E-state index < -0.39 is 0 Å². The monoisotopic (exact) mass is 234 g/mol. The SMILES string of the molecule is CC(OI)=C(C#N)C#N. The third kappa shape index (κ3) is 2.34. The van der Waals surface area contributed by atoms with Crippen molar-refractivity contribution in [3.05, 3.63) is 11.3 Å². The number of hydrogen-bond donors (Lipinski definition) is 0. The van der Waals surface area contributed by atoms with Crippen LogP contribution in [0, 0.1) is 22.7 Å². The van der Waals surface area contributed by atoms with Crippen LogP contribution in [-0.4, -0.2) is 0 Å². The first-order chi connectivity index (χ1) is 4.26. The molecule has 0 heterocycles. The van der Waals surface area contributed by atoms with Crippen LogP contribution in [-0.2, 0) is 3.07 Å². The molecular formula is C5H3IN2O. The summed E-state index contributed by atoms with van der Waals surface area (Å²) in [6, 6.07) is 3.38. The molecule has 46 valence electrons. The van der Waals surface area contributed by atoms with Crippen LogP contribution >= 0.6 is 23.0 Å². The van der Waals surface area contributed by atoms with Crippen molar-refractivity contribution in [3.63, 3.8) is 0 Å². The first kappa shape index (κ1) is 8.25. The maximum absolute atomic E-state index is 8.21. The number of nitrogens with zero attached hydrogens (tertiary/aromatic N) is 2. The highest BCUT2D eigenvalue weighted by Crippen LogP contribution is 2.06. The van der Waals surface area contributed by atoms with Gasteiger partial charge in [0.15, 0.2) is 28.6 Å². The highest BCUT2D eigenvalue weighted by molar-refractivity contribution is 14.1. The quantitative estimate of drug-likeness (QED) is 0.394. The predicted octanol–water partition coefficient (Wildman–Crippen LogP) is 1.67. The van der Waals surface area contributed by atoms with Gasteiger partial charge in [-0.1, -0.05) is 0 Å². The van der Waals surface area contributed by atoms with Gasteiger partial charge in [-0.3, -0.25) is 0 Å². The minimum Gasteiger partial charge on any atom is -0.430 e. The Balaban J connectivity index is 4.49.